The van der Waals surface area contributed by atoms with Crippen LogP contribution >= 0.6 is 0 Å². The number of amides is 3. The molecule has 0 unspecified atom stereocenters. The maximum atomic E-state index is 13.1. The SMILES string of the molecule is CCC1=N[C@@]2(CC[C@@H]3CN(C(=O)NC4CCCC4)C[C@@H]32)C(=O)N1CC. The second-order valence-corrected chi connectivity index (χ2v) is 8.10. The van der Waals surface area contributed by atoms with Gasteiger partial charge >= 0.3 is 6.03 Å². The van der Waals surface area contributed by atoms with Crippen LogP contribution in [-0.2, 0) is 4.79 Å². The maximum Gasteiger partial charge on any atom is 0.317 e. The molecule has 6 nitrogen and oxygen atoms in total. The van der Waals surface area contributed by atoms with Gasteiger partial charge in [-0.25, -0.2) is 4.79 Å². The van der Waals surface area contributed by atoms with Gasteiger partial charge in [0.2, 0.25) is 0 Å². The third-order valence-electron chi connectivity index (χ3n) is 6.81. The Morgan fingerprint density at radius 3 is 2.64 bits per heavy atom. The summed E-state index contributed by atoms with van der Waals surface area (Å²) in [6.07, 6.45) is 7.28. The lowest BCUT2D eigenvalue weighted by molar-refractivity contribution is -0.132. The van der Waals surface area contributed by atoms with Crippen LogP contribution in [0.1, 0.15) is 58.8 Å². The monoisotopic (exact) mass is 346 g/mol. The fraction of sp³-hybridized carbons (Fsp3) is 0.842. The van der Waals surface area contributed by atoms with E-state index in [0.717, 1.165) is 44.5 Å². The minimum atomic E-state index is -0.589. The molecule has 4 rings (SSSR count). The second-order valence-electron chi connectivity index (χ2n) is 8.10. The van der Waals surface area contributed by atoms with Gasteiger partial charge in [0.15, 0.2) is 0 Å². The van der Waals surface area contributed by atoms with Gasteiger partial charge in [-0.3, -0.25) is 14.7 Å². The zero-order valence-corrected chi connectivity index (χ0v) is 15.5. The molecule has 0 aromatic rings. The van der Waals surface area contributed by atoms with Crippen LogP contribution in [-0.4, -0.2) is 58.8 Å². The number of nitrogens with zero attached hydrogens (tertiary/aromatic N) is 3. The summed E-state index contributed by atoms with van der Waals surface area (Å²) in [5.74, 6) is 1.71. The van der Waals surface area contributed by atoms with E-state index in [4.69, 9.17) is 4.99 Å². The van der Waals surface area contributed by atoms with Crippen LogP contribution < -0.4 is 5.32 Å². The van der Waals surface area contributed by atoms with Gasteiger partial charge < -0.3 is 10.2 Å². The normalized spacial score (nSPS) is 35.0. The molecule has 2 aliphatic heterocycles. The molecule has 1 N–H and O–H groups in total. The van der Waals surface area contributed by atoms with E-state index in [-0.39, 0.29) is 17.9 Å². The number of urea groups is 1. The van der Waals surface area contributed by atoms with Crippen molar-refractivity contribution in [1.29, 1.82) is 0 Å². The number of nitrogens with one attached hydrogen (secondary N) is 1. The number of aliphatic imine (C=N–C) groups is 1. The quantitative estimate of drug-likeness (QED) is 0.853. The summed E-state index contributed by atoms with van der Waals surface area (Å²) in [7, 11) is 0. The fourth-order valence-corrected chi connectivity index (χ4v) is 5.49. The Hall–Kier alpha value is -1.59. The average molecular weight is 346 g/mol. The van der Waals surface area contributed by atoms with Crippen LogP contribution in [0, 0.1) is 11.8 Å². The second kappa shape index (κ2) is 6.29. The van der Waals surface area contributed by atoms with Gasteiger partial charge in [0.05, 0.1) is 0 Å². The number of amidine groups is 1. The van der Waals surface area contributed by atoms with Crippen LogP contribution in [0.25, 0.3) is 0 Å². The molecule has 2 saturated carbocycles. The van der Waals surface area contributed by atoms with Crippen LogP contribution in [0.2, 0.25) is 0 Å². The number of fused-ring (bicyclic) bond motifs is 2. The van der Waals surface area contributed by atoms with Crippen molar-refractivity contribution >= 4 is 17.8 Å². The lowest BCUT2D eigenvalue weighted by Crippen LogP contribution is -2.48. The van der Waals surface area contributed by atoms with Gasteiger partial charge in [0.25, 0.3) is 5.91 Å². The minimum Gasteiger partial charge on any atom is -0.335 e. The van der Waals surface area contributed by atoms with Crippen molar-refractivity contribution in [2.24, 2.45) is 16.8 Å². The number of carbonyl (C=O) groups is 2. The number of hydrogen-bond donors (Lipinski definition) is 1. The van der Waals surface area contributed by atoms with Crippen molar-refractivity contribution < 1.29 is 9.59 Å². The van der Waals surface area contributed by atoms with E-state index in [1.807, 2.05) is 16.7 Å². The van der Waals surface area contributed by atoms with E-state index in [1.165, 1.54) is 12.8 Å². The van der Waals surface area contributed by atoms with Gasteiger partial charge in [-0.15, -0.1) is 0 Å². The Morgan fingerprint density at radius 2 is 2.00 bits per heavy atom. The van der Waals surface area contributed by atoms with E-state index < -0.39 is 5.54 Å². The highest BCUT2D eigenvalue weighted by atomic mass is 16.2. The average Bonchev–Trinajstić information content (AvgIpc) is 3.35. The molecular weight excluding hydrogens is 316 g/mol. The summed E-state index contributed by atoms with van der Waals surface area (Å²) in [4.78, 5) is 34.5. The number of carbonyl (C=O) groups excluding carboxylic acids is 2. The predicted molar refractivity (Wildman–Crippen MR) is 96.4 cm³/mol. The molecule has 0 bridgehead atoms. The van der Waals surface area contributed by atoms with E-state index in [0.29, 0.717) is 25.0 Å². The Bertz CT molecular complexity index is 598. The highest BCUT2D eigenvalue weighted by molar-refractivity contribution is 6.08. The largest absolute Gasteiger partial charge is 0.335 e. The molecule has 1 spiro atoms. The molecule has 3 amide bonds. The summed E-state index contributed by atoms with van der Waals surface area (Å²) in [5, 5.41) is 3.20. The topological polar surface area (TPSA) is 65.0 Å². The number of likely N-dealkylation sites (N-methyl/N-ethyl adjacent to an activating group) is 1. The van der Waals surface area contributed by atoms with Crippen molar-refractivity contribution in [3.8, 4) is 0 Å². The van der Waals surface area contributed by atoms with Gasteiger partial charge in [-0.2, -0.15) is 0 Å². The van der Waals surface area contributed by atoms with E-state index in [2.05, 4.69) is 12.2 Å². The van der Waals surface area contributed by atoms with E-state index >= 15 is 0 Å². The van der Waals surface area contributed by atoms with Crippen molar-refractivity contribution in [2.75, 3.05) is 19.6 Å². The van der Waals surface area contributed by atoms with E-state index in [1.54, 1.807) is 0 Å². The molecule has 25 heavy (non-hydrogen) atoms. The summed E-state index contributed by atoms with van der Waals surface area (Å²) in [5.41, 5.74) is -0.589. The molecule has 4 aliphatic rings. The molecule has 2 heterocycles. The van der Waals surface area contributed by atoms with Crippen molar-refractivity contribution in [3.63, 3.8) is 0 Å². The van der Waals surface area contributed by atoms with Gasteiger partial charge in [-0.1, -0.05) is 19.8 Å². The molecule has 1 saturated heterocycles. The third kappa shape index (κ3) is 2.56. The summed E-state index contributed by atoms with van der Waals surface area (Å²) in [6.45, 7) is 6.23. The number of hydrogen-bond acceptors (Lipinski definition) is 3. The first kappa shape index (κ1) is 16.9. The standard InChI is InChI=1S/C19H30N4O2/c1-3-16-21-19(17(24)23(16)4-2)10-9-13-11-22(12-15(13)19)18(25)20-14-7-5-6-8-14/h13-15H,3-12H2,1-2H3,(H,20,25)/t13-,15+,19-/m1/s1. The van der Waals surface area contributed by atoms with Crippen LogP contribution in [0.15, 0.2) is 4.99 Å². The van der Waals surface area contributed by atoms with Crippen LogP contribution in [0.4, 0.5) is 4.79 Å². The molecule has 0 aromatic heterocycles. The zero-order chi connectivity index (χ0) is 17.6. The number of rotatable bonds is 3. The predicted octanol–water partition coefficient (Wildman–Crippen LogP) is 2.39. The lowest BCUT2D eigenvalue weighted by atomic mass is 9.85. The summed E-state index contributed by atoms with van der Waals surface area (Å²) in [6, 6.07) is 0.407. The van der Waals surface area contributed by atoms with Crippen LogP contribution in [0.5, 0.6) is 0 Å². The Labute approximate surface area is 150 Å². The molecule has 3 atom stereocenters. The first-order valence-corrected chi connectivity index (χ1v) is 10.0. The molecule has 0 radical (unpaired) electrons. The van der Waals surface area contributed by atoms with Crippen LogP contribution in [0.3, 0.4) is 0 Å². The minimum absolute atomic E-state index is 0.0638. The molecule has 2 aliphatic carbocycles. The van der Waals surface area contributed by atoms with E-state index in [9.17, 15) is 9.59 Å². The van der Waals surface area contributed by atoms with Crippen molar-refractivity contribution in [3.05, 3.63) is 0 Å². The highest BCUT2D eigenvalue weighted by Crippen LogP contribution is 2.50. The fourth-order valence-electron chi connectivity index (χ4n) is 5.49. The van der Waals surface area contributed by atoms with Crippen molar-refractivity contribution in [1.82, 2.24) is 15.1 Å². The Kier molecular flexibility index (Phi) is 4.24. The Balaban J connectivity index is 1.49. The van der Waals surface area contributed by atoms with Crippen molar-refractivity contribution in [2.45, 2.75) is 70.4 Å². The lowest BCUT2D eigenvalue weighted by Gasteiger charge is -2.28. The zero-order valence-electron chi connectivity index (χ0n) is 15.5. The van der Waals surface area contributed by atoms with Gasteiger partial charge in [-0.05, 0) is 38.5 Å². The first-order chi connectivity index (χ1) is 12.1. The summed E-state index contributed by atoms with van der Waals surface area (Å²) < 4.78 is 0. The molecule has 138 valence electrons. The highest BCUT2D eigenvalue weighted by Gasteiger charge is 2.61. The number of likely N-dealkylation sites (tertiary alicyclic amines) is 1. The van der Waals surface area contributed by atoms with Gasteiger partial charge in [0, 0.05) is 38.0 Å². The third-order valence-corrected chi connectivity index (χ3v) is 6.81. The molecular formula is C19H30N4O2. The van der Waals surface area contributed by atoms with Gasteiger partial charge in [0.1, 0.15) is 11.4 Å². The molecule has 0 aromatic carbocycles. The maximum absolute atomic E-state index is 13.1. The Morgan fingerprint density at radius 1 is 1.24 bits per heavy atom. The molecule has 3 fully saturated rings. The summed E-state index contributed by atoms with van der Waals surface area (Å²) >= 11 is 0. The molecule has 6 heteroatoms. The smallest absolute Gasteiger partial charge is 0.317 e. The first-order valence-electron chi connectivity index (χ1n) is 10.0.